The van der Waals surface area contributed by atoms with E-state index in [4.69, 9.17) is 0 Å². The highest BCUT2D eigenvalue weighted by Gasteiger charge is 2.16. The van der Waals surface area contributed by atoms with E-state index in [1.54, 1.807) is 10.7 Å². The molecule has 4 rings (SSSR count). The van der Waals surface area contributed by atoms with E-state index in [0.29, 0.717) is 18.0 Å². The van der Waals surface area contributed by atoms with Gasteiger partial charge < -0.3 is 10.6 Å². The van der Waals surface area contributed by atoms with E-state index in [-0.39, 0.29) is 18.3 Å². The molecule has 26 heavy (non-hydrogen) atoms. The molecule has 1 atom stereocenters. The fourth-order valence-corrected chi connectivity index (χ4v) is 3.89. The second kappa shape index (κ2) is 8.11. The normalized spacial score (nSPS) is 16.6. The van der Waals surface area contributed by atoms with Crippen LogP contribution in [-0.2, 0) is 13.0 Å². The number of carbonyl (C=O) groups is 1. The largest absolute Gasteiger partial charge is 0.346 e. The summed E-state index contributed by atoms with van der Waals surface area (Å²) in [5, 5.41) is 11.6. The molecule has 1 unspecified atom stereocenters. The lowest BCUT2D eigenvalue weighted by Gasteiger charge is -2.09. The summed E-state index contributed by atoms with van der Waals surface area (Å²) in [5.41, 5.74) is 2.51. The number of fused-ring (bicyclic) bond motifs is 1. The van der Waals surface area contributed by atoms with Crippen molar-refractivity contribution in [1.82, 2.24) is 30.2 Å². The minimum Gasteiger partial charge on any atom is -0.346 e. The van der Waals surface area contributed by atoms with Crippen molar-refractivity contribution < 1.29 is 4.79 Å². The van der Waals surface area contributed by atoms with Crippen LogP contribution in [0.3, 0.4) is 0 Å². The highest BCUT2D eigenvalue weighted by atomic mass is 35.5. The molecule has 2 N–H and O–H groups in total. The van der Waals surface area contributed by atoms with Gasteiger partial charge in [-0.05, 0) is 50.4 Å². The zero-order chi connectivity index (χ0) is 17.2. The van der Waals surface area contributed by atoms with Crippen LogP contribution in [0.1, 0.15) is 33.0 Å². The molecule has 3 aromatic rings. The Morgan fingerprint density at radius 3 is 3.12 bits per heavy atom. The van der Waals surface area contributed by atoms with Crippen molar-refractivity contribution in [3.63, 3.8) is 0 Å². The molecule has 1 saturated heterocycles. The van der Waals surface area contributed by atoms with Crippen LogP contribution in [0.5, 0.6) is 0 Å². The van der Waals surface area contributed by atoms with E-state index >= 15 is 0 Å². The number of carbonyl (C=O) groups excluding carboxylic acids is 1. The van der Waals surface area contributed by atoms with Gasteiger partial charge in [0.2, 0.25) is 4.96 Å². The van der Waals surface area contributed by atoms with Gasteiger partial charge in [0.1, 0.15) is 5.01 Å². The van der Waals surface area contributed by atoms with Crippen molar-refractivity contribution in [2.24, 2.45) is 5.92 Å². The van der Waals surface area contributed by atoms with Gasteiger partial charge in [0, 0.05) is 12.4 Å². The van der Waals surface area contributed by atoms with Gasteiger partial charge in [-0.1, -0.05) is 11.3 Å². The highest BCUT2D eigenvalue weighted by molar-refractivity contribution is 7.16. The smallest absolute Gasteiger partial charge is 0.253 e. The minimum absolute atomic E-state index is 0. The predicted molar refractivity (Wildman–Crippen MR) is 103 cm³/mol. The summed E-state index contributed by atoms with van der Waals surface area (Å²) in [6.07, 6.45) is 7.46. The number of nitrogens with one attached hydrogen (secondary N) is 2. The monoisotopic (exact) mass is 392 g/mol. The molecule has 1 fully saturated rings. The number of aromatic nitrogens is 4. The van der Waals surface area contributed by atoms with Gasteiger partial charge in [0.15, 0.2) is 0 Å². The van der Waals surface area contributed by atoms with Gasteiger partial charge in [-0.2, -0.15) is 5.10 Å². The highest BCUT2D eigenvalue weighted by Crippen LogP contribution is 2.16. The lowest BCUT2D eigenvalue weighted by molar-refractivity contribution is 0.0950. The Kier molecular flexibility index (Phi) is 5.85. The number of amides is 1. The average Bonchev–Trinajstić information content (AvgIpc) is 3.29. The standard InChI is InChI=1S/C17H20N6OS.ClH/c1-11-22-23-10-15(21-17(23)25-11)9-20-16(24)14-5-13(7-19-8-14)4-12-2-3-18-6-12;/h5,7-8,10,12,18H,2-4,6,9H2,1H3,(H,20,24);1H. The van der Waals surface area contributed by atoms with E-state index in [0.717, 1.165) is 40.7 Å². The van der Waals surface area contributed by atoms with Crippen LogP contribution in [0.25, 0.3) is 4.96 Å². The predicted octanol–water partition coefficient (Wildman–Crippen LogP) is 2.00. The summed E-state index contributed by atoms with van der Waals surface area (Å²) in [5.74, 6) is 0.508. The van der Waals surface area contributed by atoms with Gasteiger partial charge in [-0.25, -0.2) is 9.50 Å². The fourth-order valence-electron chi connectivity index (χ4n) is 3.15. The molecule has 0 radical (unpaired) electrons. The third-order valence-corrected chi connectivity index (χ3v) is 5.21. The van der Waals surface area contributed by atoms with Gasteiger partial charge in [0.25, 0.3) is 5.91 Å². The molecule has 0 spiro atoms. The maximum Gasteiger partial charge on any atom is 0.253 e. The summed E-state index contributed by atoms with van der Waals surface area (Å²) in [6, 6.07) is 1.94. The van der Waals surface area contributed by atoms with Crippen molar-refractivity contribution in [1.29, 1.82) is 0 Å². The van der Waals surface area contributed by atoms with Crippen molar-refractivity contribution in [3.8, 4) is 0 Å². The maximum absolute atomic E-state index is 12.4. The fraction of sp³-hybridized carbons (Fsp3) is 0.412. The molecule has 1 aliphatic heterocycles. The topological polar surface area (TPSA) is 84.2 Å². The molecule has 0 bridgehead atoms. The molecule has 7 nitrogen and oxygen atoms in total. The molecule has 0 aliphatic carbocycles. The average molecular weight is 393 g/mol. The SMILES string of the molecule is Cc1nn2cc(CNC(=O)c3cncc(CC4CCNC4)c3)nc2s1.Cl. The van der Waals surface area contributed by atoms with Crippen LogP contribution in [0.4, 0.5) is 0 Å². The first-order valence-electron chi connectivity index (χ1n) is 8.42. The van der Waals surface area contributed by atoms with Crippen molar-refractivity contribution in [3.05, 3.63) is 46.5 Å². The van der Waals surface area contributed by atoms with E-state index in [1.807, 2.05) is 25.4 Å². The Bertz CT molecular complexity index is 870. The molecule has 0 saturated carbocycles. The van der Waals surface area contributed by atoms with Crippen LogP contribution in [-0.4, -0.2) is 38.6 Å². The molecule has 4 heterocycles. The second-order valence-electron chi connectivity index (χ2n) is 6.41. The summed E-state index contributed by atoms with van der Waals surface area (Å²) >= 11 is 1.53. The number of imidazole rings is 1. The zero-order valence-corrected chi connectivity index (χ0v) is 16.1. The summed E-state index contributed by atoms with van der Waals surface area (Å²) in [6.45, 7) is 4.45. The lowest BCUT2D eigenvalue weighted by Crippen LogP contribution is -2.23. The Labute approximate surface area is 161 Å². The van der Waals surface area contributed by atoms with E-state index in [9.17, 15) is 4.79 Å². The Balaban J connectivity index is 0.00000196. The maximum atomic E-state index is 12.4. The number of halogens is 1. The number of pyridine rings is 1. The Hall–Kier alpha value is -2.03. The number of aryl methyl sites for hydroxylation is 1. The van der Waals surface area contributed by atoms with Crippen LogP contribution in [0.15, 0.2) is 24.7 Å². The van der Waals surface area contributed by atoms with Crippen LogP contribution < -0.4 is 10.6 Å². The van der Waals surface area contributed by atoms with E-state index < -0.39 is 0 Å². The first-order chi connectivity index (χ1) is 12.2. The summed E-state index contributed by atoms with van der Waals surface area (Å²) in [7, 11) is 0. The van der Waals surface area contributed by atoms with Crippen molar-refractivity contribution >= 4 is 34.6 Å². The minimum atomic E-state index is -0.126. The van der Waals surface area contributed by atoms with Gasteiger partial charge in [-0.3, -0.25) is 9.78 Å². The first-order valence-corrected chi connectivity index (χ1v) is 9.23. The molecule has 0 aromatic carbocycles. The molecular formula is C17H21ClN6OS. The van der Waals surface area contributed by atoms with Crippen molar-refractivity contribution in [2.45, 2.75) is 26.3 Å². The molecule has 138 valence electrons. The molecule has 3 aromatic heterocycles. The first kappa shape index (κ1) is 18.8. The van der Waals surface area contributed by atoms with E-state index in [1.165, 1.54) is 17.8 Å². The molecule has 9 heteroatoms. The van der Waals surface area contributed by atoms with Crippen LogP contribution in [0.2, 0.25) is 0 Å². The van der Waals surface area contributed by atoms with Gasteiger partial charge >= 0.3 is 0 Å². The molecule has 1 aliphatic rings. The quantitative estimate of drug-likeness (QED) is 0.693. The Morgan fingerprint density at radius 2 is 2.35 bits per heavy atom. The molecular weight excluding hydrogens is 372 g/mol. The molecule has 1 amide bonds. The number of hydrogen-bond donors (Lipinski definition) is 2. The van der Waals surface area contributed by atoms with Gasteiger partial charge in [-0.15, -0.1) is 12.4 Å². The summed E-state index contributed by atoms with van der Waals surface area (Å²) in [4.78, 5) is 21.9. The van der Waals surface area contributed by atoms with Crippen LogP contribution in [0, 0.1) is 12.8 Å². The number of hydrogen-bond acceptors (Lipinski definition) is 6. The van der Waals surface area contributed by atoms with Gasteiger partial charge in [0.05, 0.1) is 24.0 Å². The number of rotatable bonds is 5. The third kappa shape index (κ3) is 4.20. The number of nitrogens with zero attached hydrogens (tertiary/aromatic N) is 4. The second-order valence-corrected chi connectivity index (χ2v) is 7.57. The van der Waals surface area contributed by atoms with Crippen LogP contribution >= 0.6 is 23.7 Å². The van der Waals surface area contributed by atoms with Crippen molar-refractivity contribution in [2.75, 3.05) is 13.1 Å². The lowest BCUT2D eigenvalue weighted by atomic mass is 9.99. The summed E-state index contributed by atoms with van der Waals surface area (Å²) < 4.78 is 1.75. The third-order valence-electron chi connectivity index (χ3n) is 4.37. The Morgan fingerprint density at radius 1 is 1.46 bits per heavy atom. The zero-order valence-electron chi connectivity index (χ0n) is 14.4. The van der Waals surface area contributed by atoms with E-state index in [2.05, 4.69) is 25.7 Å².